The van der Waals surface area contributed by atoms with Crippen LogP contribution in [-0.2, 0) is 14.3 Å². The lowest BCUT2D eigenvalue weighted by molar-refractivity contribution is -0.150. The van der Waals surface area contributed by atoms with Crippen molar-refractivity contribution in [1.29, 1.82) is 0 Å². The SMILES string of the molecule is CC(C)=C[C@@H]1[C@H](C(=O)O[C@H]2CC(=O)C([C@H]3C=CCC3)=C2C)C1(C)C. The molecule has 3 nitrogen and oxygen atoms in total. The number of hydrogen-bond donors (Lipinski definition) is 0. The first-order valence-electron chi connectivity index (χ1n) is 8.99. The Morgan fingerprint density at radius 1 is 1.33 bits per heavy atom. The van der Waals surface area contributed by atoms with Gasteiger partial charge >= 0.3 is 5.97 Å². The summed E-state index contributed by atoms with van der Waals surface area (Å²) in [6.07, 6.45) is 8.40. The summed E-state index contributed by atoms with van der Waals surface area (Å²) in [4.78, 5) is 25.0. The van der Waals surface area contributed by atoms with E-state index in [1.54, 1.807) is 0 Å². The normalized spacial score (nSPS) is 33.8. The maximum Gasteiger partial charge on any atom is 0.310 e. The molecule has 0 spiro atoms. The topological polar surface area (TPSA) is 43.4 Å². The average molecular weight is 328 g/mol. The molecule has 3 aliphatic carbocycles. The summed E-state index contributed by atoms with van der Waals surface area (Å²) in [6.45, 7) is 10.3. The second-order valence-corrected chi connectivity index (χ2v) is 8.33. The quantitative estimate of drug-likeness (QED) is 0.568. The Morgan fingerprint density at radius 2 is 2.04 bits per heavy atom. The molecule has 0 aromatic heterocycles. The van der Waals surface area contributed by atoms with E-state index in [1.165, 1.54) is 5.57 Å². The van der Waals surface area contributed by atoms with Crippen molar-refractivity contribution in [3.8, 4) is 0 Å². The summed E-state index contributed by atoms with van der Waals surface area (Å²) in [5.41, 5.74) is 3.02. The summed E-state index contributed by atoms with van der Waals surface area (Å²) < 4.78 is 5.78. The maximum atomic E-state index is 12.6. The van der Waals surface area contributed by atoms with Gasteiger partial charge in [0, 0.05) is 11.5 Å². The predicted molar refractivity (Wildman–Crippen MR) is 94.3 cm³/mol. The second kappa shape index (κ2) is 6.02. The van der Waals surface area contributed by atoms with Gasteiger partial charge in [-0.3, -0.25) is 9.59 Å². The van der Waals surface area contributed by atoms with Crippen molar-refractivity contribution in [2.24, 2.45) is 23.2 Å². The van der Waals surface area contributed by atoms with Crippen LogP contribution in [0.15, 0.2) is 34.9 Å². The van der Waals surface area contributed by atoms with Gasteiger partial charge < -0.3 is 4.74 Å². The van der Waals surface area contributed by atoms with E-state index in [1.807, 2.05) is 6.92 Å². The molecule has 0 amide bonds. The van der Waals surface area contributed by atoms with E-state index >= 15 is 0 Å². The zero-order valence-electron chi connectivity index (χ0n) is 15.4. The van der Waals surface area contributed by atoms with Crippen molar-refractivity contribution < 1.29 is 14.3 Å². The molecule has 24 heavy (non-hydrogen) atoms. The smallest absolute Gasteiger partial charge is 0.310 e. The van der Waals surface area contributed by atoms with Gasteiger partial charge in [0.25, 0.3) is 0 Å². The lowest BCUT2D eigenvalue weighted by Crippen LogP contribution is -2.20. The minimum Gasteiger partial charge on any atom is -0.457 e. The maximum absolute atomic E-state index is 12.6. The molecule has 3 aliphatic rings. The van der Waals surface area contributed by atoms with Crippen molar-refractivity contribution in [3.05, 3.63) is 34.9 Å². The second-order valence-electron chi connectivity index (χ2n) is 8.33. The Hall–Kier alpha value is -1.64. The number of allylic oxidation sites excluding steroid dienone is 5. The number of carbonyl (C=O) groups is 2. The van der Waals surface area contributed by atoms with Crippen LogP contribution in [0.2, 0.25) is 0 Å². The highest BCUT2D eigenvalue weighted by atomic mass is 16.5. The van der Waals surface area contributed by atoms with Crippen molar-refractivity contribution >= 4 is 11.8 Å². The number of Topliss-reactive ketones (excluding diaryl/α,β-unsaturated/α-hetero) is 1. The van der Waals surface area contributed by atoms with Crippen LogP contribution < -0.4 is 0 Å². The lowest BCUT2D eigenvalue weighted by atomic mass is 9.95. The Bertz CT molecular complexity index is 659. The molecular weight excluding hydrogens is 300 g/mol. The van der Waals surface area contributed by atoms with Gasteiger partial charge in [-0.25, -0.2) is 0 Å². The summed E-state index contributed by atoms with van der Waals surface area (Å²) in [5.74, 6) is 0.372. The Morgan fingerprint density at radius 3 is 2.62 bits per heavy atom. The van der Waals surface area contributed by atoms with Crippen LogP contribution >= 0.6 is 0 Å². The third-order valence-electron chi connectivity index (χ3n) is 5.90. The van der Waals surface area contributed by atoms with Crippen LogP contribution in [0.25, 0.3) is 0 Å². The van der Waals surface area contributed by atoms with Crippen molar-refractivity contribution in [1.82, 2.24) is 0 Å². The molecule has 0 aromatic rings. The lowest BCUT2D eigenvalue weighted by Gasteiger charge is -2.14. The fraction of sp³-hybridized carbons (Fsp3) is 0.619. The number of esters is 1. The number of carbonyl (C=O) groups excluding carboxylic acids is 2. The minimum atomic E-state index is -0.363. The minimum absolute atomic E-state index is 0.0500. The monoisotopic (exact) mass is 328 g/mol. The van der Waals surface area contributed by atoms with E-state index in [9.17, 15) is 9.59 Å². The van der Waals surface area contributed by atoms with Gasteiger partial charge in [0.15, 0.2) is 5.78 Å². The average Bonchev–Trinajstić information content (AvgIpc) is 2.87. The number of ketones is 1. The fourth-order valence-corrected chi connectivity index (χ4v) is 4.34. The summed E-state index contributed by atoms with van der Waals surface area (Å²) >= 11 is 0. The van der Waals surface area contributed by atoms with E-state index < -0.39 is 0 Å². The van der Waals surface area contributed by atoms with Gasteiger partial charge in [-0.2, -0.15) is 0 Å². The van der Waals surface area contributed by atoms with Crippen molar-refractivity contribution in [2.75, 3.05) is 0 Å². The molecule has 0 aliphatic heterocycles. The molecule has 1 fully saturated rings. The van der Waals surface area contributed by atoms with Gasteiger partial charge in [0.05, 0.1) is 12.3 Å². The molecule has 0 heterocycles. The number of hydrogen-bond acceptors (Lipinski definition) is 3. The van der Waals surface area contributed by atoms with Crippen molar-refractivity contribution in [2.45, 2.75) is 60.0 Å². The highest BCUT2D eigenvalue weighted by Gasteiger charge is 2.61. The van der Waals surface area contributed by atoms with E-state index in [-0.39, 0.29) is 41.0 Å². The molecular formula is C21H28O3. The molecule has 130 valence electrons. The van der Waals surface area contributed by atoms with Crippen LogP contribution in [0.1, 0.15) is 53.9 Å². The van der Waals surface area contributed by atoms with Gasteiger partial charge in [-0.15, -0.1) is 0 Å². The number of rotatable bonds is 4. The molecule has 3 rings (SSSR count). The summed E-state index contributed by atoms with van der Waals surface area (Å²) in [6, 6.07) is 0. The molecule has 0 saturated heterocycles. The molecule has 4 atom stereocenters. The molecule has 0 bridgehead atoms. The van der Waals surface area contributed by atoms with Crippen LogP contribution in [0.4, 0.5) is 0 Å². The largest absolute Gasteiger partial charge is 0.457 e. The standard InChI is InChI=1S/C21H28O3/c1-12(2)10-15-19(21(15,4)5)20(23)24-17-11-16(22)18(13(17)3)14-8-6-7-9-14/h6,8,10,14-15,17,19H,7,9,11H2,1-5H3/t14-,15+,17-,19+/m0/s1. The van der Waals surface area contributed by atoms with E-state index in [0.717, 1.165) is 24.0 Å². The Labute approximate surface area is 144 Å². The van der Waals surface area contributed by atoms with Crippen molar-refractivity contribution in [3.63, 3.8) is 0 Å². The van der Waals surface area contributed by atoms with Crippen LogP contribution in [0, 0.1) is 23.2 Å². The molecule has 0 aromatic carbocycles. The molecule has 3 heteroatoms. The van der Waals surface area contributed by atoms with Crippen LogP contribution in [-0.4, -0.2) is 17.9 Å². The van der Waals surface area contributed by atoms with Gasteiger partial charge in [-0.05, 0) is 50.5 Å². The van der Waals surface area contributed by atoms with E-state index in [4.69, 9.17) is 4.74 Å². The summed E-state index contributed by atoms with van der Waals surface area (Å²) in [5, 5.41) is 0. The molecule has 0 radical (unpaired) electrons. The van der Waals surface area contributed by atoms with Gasteiger partial charge in [-0.1, -0.05) is 37.6 Å². The first-order valence-corrected chi connectivity index (χ1v) is 8.99. The highest BCUT2D eigenvalue weighted by molar-refractivity contribution is 6.00. The summed E-state index contributed by atoms with van der Waals surface area (Å²) in [7, 11) is 0. The zero-order chi connectivity index (χ0) is 17.6. The Balaban J connectivity index is 1.71. The zero-order valence-corrected chi connectivity index (χ0v) is 15.4. The molecule has 1 saturated carbocycles. The first kappa shape index (κ1) is 17.2. The highest BCUT2D eigenvalue weighted by Crippen LogP contribution is 2.60. The molecule has 0 unspecified atom stereocenters. The van der Waals surface area contributed by atoms with E-state index in [2.05, 4.69) is 45.9 Å². The molecule has 0 N–H and O–H groups in total. The van der Waals surface area contributed by atoms with E-state index in [0.29, 0.717) is 6.42 Å². The third-order valence-corrected chi connectivity index (χ3v) is 5.90. The van der Waals surface area contributed by atoms with Gasteiger partial charge in [0.1, 0.15) is 6.10 Å². The first-order chi connectivity index (χ1) is 11.2. The fourth-order valence-electron chi connectivity index (χ4n) is 4.34. The van der Waals surface area contributed by atoms with Crippen LogP contribution in [0.3, 0.4) is 0 Å². The predicted octanol–water partition coefficient (Wildman–Crippen LogP) is 4.39. The van der Waals surface area contributed by atoms with Gasteiger partial charge in [0.2, 0.25) is 0 Å². The third kappa shape index (κ3) is 2.89. The number of ether oxygens (including phenoxy) is 1. The van der Waals surface area contributed by atoms with Crippen LogP contribution in [0.5, 0.6) is 0 Å². The Kier molecular flexibility index (Phi) is 4.31.